The number of carbonyl (C=O) groups is 2. The third-order valence-electron chi connectivity index (χ3n) is 17.0. The van der Waals surface area contributed by atoms with Crippen LogP contribution in [0.4, 0.5) is 0 Å². The highest BCUT2D eigenvalue weighted by Crippen LogP contribution is 2.19. The van der Waals surface area contributed by atoms with Crippen molar-refractivity contribution in [3.05, 3.63) is 72.9 Å². The van der Waals surface area contributed by atoms with Crippen molar-refractivity contribution in [2.45, 2.75) is 405 Å². The Morgan fingerprint density at radius 3 is 0.786 bits per heavy atom. The van der Waals surface area contributed by atoms with Gasteiger partial charge < -0.3 is 14.6 Å². The van der Waals surface area contributed by atoms with Crippen molar-refractivity contribution in [2.75, 3.05) is 13.2 Å². The van der Waals surface area contributed by atoms with Crippen molar-refractivity contribution in [3.63, 3.8) is 0 Å². The molecule has 0 rings (SSSR count). The lowest BCUT2D eigenvalue weighted by atomic mass is 10.0. The minimum atomic E-state index is -0.772. The third kappa shape index (κ3) is 71.8. The molecule has 1 atom stereocenters. The van der Waals surface area contributed by atoms with Gasteiger partial charge in [-0.2, -0.15) is 0 Å². The third-order valence-corrected chi connectivity index (χ3v) is 17.0. The van der Waals surface area contributed by atoms with Crippen LogP contribution in [0.15, 0.2) is 72.9 Å². The first-order valence-corrected chi connectivity index (χ1v) is 37.5. The molecule has 0 bridgehead atoms. The highest BCUT2D eigenvalue weighted by Gasteiger charge is 2.16. The predicted octanol–water partition coefficient (Wildman–Crippen LogP) is 26.2. The van der Waals surface area contributed by atoms with E-state index in [9.17, 15) is 14.7 Å². The van der Waals surface area contributed by atoms with Crippen molar-refractivity contribution in [1.82, 2.24) is 0 Å². The molecule has 0 amide bonds. The summed E-state index contributed by atoms with van der Waals surface area (Å²) in [4.78, 5) is 24.7. The molecule has 0 saturated carbocycles. The number of hydrogen-bond donors (Lipinski definition) is 1. The minimum absolute atomic E-state index is 0.0606. The highest BCUT2D eigenvalue weighted by molar-refractivity contribution is 5.70. The van der Waals surface area contributed by atoms with Crippen LogP contribution in [0.25, 0.3) is 0 Å². The summed E-state index contributed by atoms with van der Waals surface area (Å²) in [6, 6.07) is 0. The van der Waals surface area contributed by atoms with Gasteiger partial charge in [0.2, 0.25) is 0 Å². The molecule has 0 aliphatic rings. The number of rotatable bonds is 70. The fraction of sp³-hybridized carbons (Fsp3) is 0.823. The average Bonchev–Trinajstić information content (AvgIpc) is 3.51. The second-order valence-electron chi connectivity index (χ2n) is 25.3. The summed E-state index contributed by atoms with van der Waals surface area (Å²) in [5.74, 6) is -0.567. The monoisotopic (exact) mass is 1170 g/mol. The predicted molar refractivity (Wildman–Crippen MR) is 371 cm³/mol. The van der Waals surface area contributed by atoms with Gasteiger partial charge in [0, 0.05) is 12.8 Å². The van der Waals surface area contributed by atoms with Gasteiger partial charge in [0.25, 0.3) is 0 Å². The van der Waals surface area contributed by atoms with Crippen LogP contribution in [0.1, 0.15) is 399 Å². The summed E-state index contributed by atoms with van der Waals surface area (Å²) in [6.07, 6.45) is 104. The number of carbonyl (C=O) groups excluding carboxylic acids is 2. The van der Waals surface area contributed by atoms with Crippen LogP contribution < -0.4 is 0 Å². The smallest absolute Gasteiger partial charge is 0.306 e. The number of esters is 2. The van der Waals surface area contributed by atoms with Crippen LogP contribution >= 0.6 is 0 Å². The van der Waals surface area contributed by atoms with E-state index in [2.05, 4.69) is 86.8 Å². The lowest BCUT2D eigenvalue weighted by Gasteiger charge is -2.15. The molecule has 0 aliphatic heterocycles. The van der Waals surface area contributed by atoms with Gasteiger partial charge in [-0.15, -0.1) is 0 Å². The second kappa shape index (κ2) is 74.6. The molecule has 0 aliphatic carbocycles. The Bertz CT molecular complexity index is 1470. The number of aliphatic hydroxyl groups is 1. The summed E-state index contributed by atoms with van der Waals surface area (Å²) < 4.78 is 10.8. The first-order chi connectivity index (χ1) is 41.6. The molecule has 1 unspecified atom stereocenters. The lowest BCUT2D eigenvalue weighted by molar-refractivity contribution is -0.161. The summed E-state index contributed by atoms with van der Waals surface area (Å²) in [6.45, 7) is 4.08. The maximum absolute atomic E-state index is 12.4. The van der Waals surface area contributed by atoms with Crippen molar-refractivity contribution < 1.29 is 24.2 Å². The van der Waals surface area contributed by atoms with Crippen LogP contribution in [-0.4, -0.2) is 36.4 Å². The molecule has 5 heteroatoms. The quantitative estimate of drug-likeness (QED) is 0.0373. The fourth-order valence-electron chi connectivity index (χ4n) is 11.4. The largest absolute Gasteiger partial charge is 0.462 e. The molecule has 0 spiro atoms. The van der Waals surface area contributed by atoms with E-state index in [0.717, 1.165) is 70.6 Å². The molecule has 5 nitrogen and oxygen atoms in total. The first-order valence-electron chi connectivity index (χ1n) is 37.5. The van der Waals surface area contributed by atoms with Gasteiger partial charge in [0.05, 0.1) is 6.61 Å². The maximum Gasteiger partial charge on any atom is 0.306 e. The van der Waals surface area contributed by atoms with E-state index in [1.165, 1.54) is 302 Å². The normalized spacial score (nSPS) is 12.6. The van der Waals surface area contributed by atoms with Gasteiger partial charge in [-0.05, 0) is 83.5 Å². The van der Waals surface area contributed by atoms with E-state index in [1.54, 1.807) is 0 Å². The zero-order valence-electron chi connectivity index (χ0n) is 56.4. The van der Waals surface area contributed by atoms with Crippen LogP contribution in [0.5, 0.6) is 0 Å². The molecule has 0 saturated heterocycles. The van der Waals surface area contributed by atoms with Crippen LogP contribution in [0.2, 0.25) is 0 Å². The van der Waals surface area contributed by atoms with Crippen LogP contribution in [-0.2, 0) is 19.1 Å². The molecule has 0 heterocycles. The zero-order chi connectivity index (χ0) is 60.5. The van der Waals surface area contributed by atoms with Crippen molar-refractivity contribution in [3.8, 4) is 0 Å². The maximum atomic E-state index is 12.4. The molecular weight excluding hydrogens is 1030 g/mol. The van der Waals surface area contributed by atoms with Crippen LogP contribution in [0.3, 0.4) is 0 Å². The summed E-state index contributed by atoms with van der Waals surface area (Å²) in [5, 5.41) is 9.72. The van der Waals surface area contributed by atoms with Gasteiger partial charge in [0.1, 0.15) is 6.61 Å². The molecule has 0 aromatic carbocycles. The average molecular weight is 1170 g/mol. The first kappa shape index (κ1) is 81.3. The van der Waals surface area contributed by atoms with Crippen molar-refractivity contribution >= 4 is 11.9 Å². The van der Waals surface area contributed by atoms with Gasteiger partial charge >= 0.3 is 11.9 Å². The van der Waals surface area contributed by atoms with Gasteiger partial charge in [-0.3, -0.25) is 9.59 Å². The topological polar surface area (TPSA) is 72.8 Å². The highest BCUT2D eigenvalue weighted by atomic mass is 16.6. The standard InChI is InChI=1S/C79H144O5/c1-3-5-7-9-11-13-15-17-19-21-23-25-27-29-31-33-35-36-37-38-39-40-41-42-44-46-48-50-52-54-56-58-60-62-64-66-68-70-72-74-79(82)84-77(75-80)76-83-78(81)73-71-69-67-65-63-61-59-57-55-53-51-49-47-45-43-34-32-30-28-26-24-22-20-18-16-14-12-10-8-6-4-2/h5,7,11,13,17,19,22-25,29,31,77,80H,3-4,6,8-10,12,14-16,18,20-21,26-28,30,32-76H2,1-2H3/b7-5-,13-11-,19-17-,24-22-,25-23-,31-29-. The Balaban J connectivity index is 3.39. The van der Waals surface area contributed by atoms with Gasteiger partial charge in [-0.25, -0.2) is 0 Å². The Morgan fingerprint density at radius 2 is 0.512 bits per heavy atom. The fourth-order valence-corrected chi connectivity index (χ4v) is 11.4. The zero-order valence-corrected chi connectivity index (χ0v) is 56.4. The Morgan fingerprint density at radius 1 is 0.286 bits per heavy atom. The summed E-state index contributed by atoms with van der Waals surface area (Å²) in [7, 11) is 0. The number of allylic oxidation sites excluding steroid dienone is 12. The van der Waals surface area contributed by atoms with E-state index < -0.39 is 6.10 Å². The molecule has 490 valence electrons. The summed E-state index contributed by atoms with van der Waals surface area (Å²) >= 11 is 0. The van der Waals surface area contributed by atoms with Gasteiger partial charge in [0.15, 0.2) is 6.10 Å². The molecule has 1 N–H and O–H groups in total. The summed E-state index contributed by atoms with van der Waals surface area (Å²) in [5.41, 5.74) is 0. The molecule has 84 heavy (non-hydrogen) atoms. The number of ether oxygens (including phenoxy) is 2. The second-order valence-corrected chi connectivity index (χ2v) is 25.3. The Kier molecular flexibility index (Phi) is 72.2. The van der Waals surface area contributed by atoms with Crippen molar-refractivity contribution in [1.29, 1.82) is 0 Å². The number of unbranched alkanes of at least 4 members (excludes halogenated alkanes) is 50. The van der Waals surface area contributed by atoms with Crippen molar-refractivity contribution in [2.24, 2.45) is 0 Å². The SMILES string of the molecule is CC/C=C\C/C=C\C/C=C\C/C=C\C/C=C\CCCCCCCCCCCCCCCCCCCCCCCCCC(=O)OC(CO)COC(=O)CCCCCCCCCCCCCCCCCCCCC/C=C\CCCCCCCCCC. The van der Waals surface area contributed by atoms with E-state index >= 15 is 0 Å². The molecule has 0 aromatic heterocycles. The lowest BCUT2D eigenvalue weighted by Crippen LogP contribution is -2.28. The Hall–Kier alpha value is -2.66. The molecule has 0 aromatic rings. The minimum Gasteiger partial charge on any atom is -0.462 e. The molecular formula is C79H144O5. The van der Waals surface area contributed by atoms with Gasteiger partial charge in [-0.1, -0.05) is 376 Å². The van der Waals surface area contributed by atoms with E-state index in [4.69, 9.17) is 9.47 Å². The molecule has 0 radical (unpaired) electrons. The van der Waals surface area contributed by atoms with Crippen LogP contribution in [0, 0.1) is 0 Å². The van der Waals surface area contributed by atoms with E-state index in [1.807, 2.05) is 0 Å². The van der Waals surface area contributed by atoms with E-state index in [0.29, 0.717) is 12.8 Å². The number of hydrogen-bond acceptors (Lipinski definition) is 5. The number of aliphatic hydroxyl groups excluding tert-OH is 1. The Labute approximate surface area is 524 Å². The molecule has 0 fully saturated rings. The van der Waals surface area contributed by atoms with E-state index in [-0.39, 0.29) is 25.2 Å².